The minimum absolute atomic E-state index is 0.0561. The average Bonchev–Trinajstić information content (AvgIpc) is 2.89. The molecular weight excluding hydrogens is 278 g/mol. The summed E-state index contributed by atoms with van der Waals surface area (Å²) in [5, 5.41) is 7.16. The fourth-order valence-corrected chi connectivity index (χ4v) is 2.83. The fraction of sp³-hybridized carbons (Fsp3) is 0.353. The zero-order chi connectivity index (χ0) is 15.7. The van der Waals surface area contributed by atoms with Crippen molar-refractivity contribution < 1.29 is 4.79 Å². The summed E-state index contributed by atoms with van der Waals surface area (Å²) in [6.45, 7) is 3.90. The minimum atomic E-state index is -0.237. The standard InChI is InChI=1S/C17H19N3O2/c1-11-6-7-14(12(2)8-11)18-16(21)10-20-17(22)9-13-4-3-5-15(13)19-20/h6-9H,3-5,10H2,1-2H3,(H,18,21). The number of carbonyl (C=O) groups excluding carboxylic acids is 1. The van der Waals surface area contributed by atoms with Crippen molar-refractivity contribution in [3.8, 4) is 0 Å². The molecule has 0 atom stereocenters. The Hall–Kier alpha value is -2.43. The maximum Gasteiger partial charge on any atom is 0.267 e. The zero-order valence-electron chi connectivity index (χ0n) is 12.8. The van der Waals surface area contributed by atoms with E-state index in [4.69, 9.17) is 0 Å². The van der Waals surface area contributed by atoms with E-state index >= 15 is 0 Å². The molecule has 3 rings (SSSR count). The topological polar surface area (TPSA) is 64.0 Å². The Morgan fingerprint density at radius 1 is 1.27 bits per heavy atom. The molecule has 114 valence electrons. The molecule has 22 heavy (non-hydrogen) atoms. The molecule has 5 nitrogen and oxygen atoms in total. The van der Waals surface area contributed by atoms with Crippen LogP contribution >= 0.6 is 0 Å². The summed E-state index contributed by atoms with van der Waals surface area (Å²) in [5.41, 5.74) is 4.67. The Morgan fingerprint density at radius 3 is 2.86 bits per heavy atom. The molecule has 2 aromatic rings. The van der Waals surface area contributed by atoms with Gasteiger partial charge < -0.3 is 5.32 Å². The van der Waals surface area contributed by atoms with Crippen molar-refractivity contribution in [3.05, 3.63) is 57.0 Å². The Balaban J connectivity index is 1.76. The fourth-order valence-electron chi connectivity index (χ4n) is 2.83. The van der Waals surface area contributed by atoms with Gasteiger partial charge >= 0.3 is 0 Å². The third kappa shape index (κ3) is 2.93. The Kier molecular flexibility index (Phi) is 3.79. The Morgan fingerprint density at radius 2 is 2.09 bits per heavy atom. The van der Waals surface area contributed by atoms with Gasteiger partial charge in [0.05, 0.1) is 5.69 Å². The van der Waals surface area contributed by atoms with Gasteiger partial charge in [0.2, 0.25) is 5.91 Å². The van der Waals surface area contributed by atoms with E-state index in [-0.39, 0.29) is 18.0 Å². The first-order chi connectivity index (χ1) is 10.5. The molecule has 1 N–H and O–H groups in total. The van der Waals surface area contributed by atoms with Crippen molar-refractivity contribution in [1.82, 2.24) is 9.78 Å². The molecule has 0 saturated heterocycles. The molecule has 1 amide bonds. The van der Waals surface area contributed by atoms with Crippen LogP contribution in [0, 0.1) is 13.8 Å². The van der Waals surface area contributed by atoms with Gasteiger partial charge in [-0.05, 0) is 50.3 Å². The maximum atomic E-state index is 12.2. The SMILES string of the molecule is Cc1ccc(NC(=O)Cn2nc3c(cc2=O)CCC3)c(C)c1. The molecule has 1 aliphatic carbocycles. The highest BCUT2D eigenvalue weighted by Gasteiger charge is 2.16. The normalized spacial score (nSPS) is 13.0. The molecule has 0 unspecified atom stereocenters. The summed E-state index contributed by atoms with van der Waals surface area (Å²) in [6.07, 6.45) is 2.82. The summed E-state index contributed by atoms with van der Waals surface area (Å²) in [4.78, 5) is 24.2. The third-order valence-corrected chi connectivity index (χ3v) is 3.97. The molecule has 5 heteroatoms. The first kappa shape index (κ1) is 14.5. The van der Waals surface area contributed by atoms with Gasteiger partial charge in [-0.15, -0.1) is 0 Å². The number of amides is 1. The van der Waals surface area contributed by atoms with E-state index in [1.54, 1.807) is 6.07 Å². The second kappa shape index (κ2) is 5.75. The lowest BCUT2D eigenvalue weighted by Crippen LogP contribution is -2.30. The number of aromatic nitrogens is 2. The molecule has 0 radical (unpaired) electrons. The second-order valence-electron chi connectivity index (χ2n) is 5.83. The quantitative estimate of drug-likeness (QED) is 0.942. The number of anilines is 1. The van der Waals surface area contributed by atoms with E-state index in [0.29, 0.717) is 0 Å². The molecule has 0 aliphatic heterocycles. The molecule has 1 aliphatic rings. The minimum Gasteiger partial charge on any atom is -0.324 e. The smallest absolute Gasteiger partial charge is 0.267 e. The highest BCUT2D eigenvalue weighted by Crippen LogP contribution is 2.17. The number of hydrogen-bond acceptors (Lipinski definition) is 3. The van der Waals surface area contributed by atoms with E-state index in [9.17, 15) is 9.59 Å². The van der Waals surface area contributed by atoms with Crippen molar-refractivity contribution in [3.63, 3.8) is 0 Å². The molecule has 0 saturated carbocycles. The predicted molar refractivity (Wildman–Crippen MR) is 85.1 cm³/mol. The van der Waals surface area contributed by atoms with Crippen LogP contribution in [0.2, 0.25) is 0 Å². The number of aryl methyl sites for hydroxylation is 4. The number of nitrogens with zero attached hydrogens (tertiary/aromatic N) is 2. The molecule has 0 bridgehead atoms. The van der Waals surface area contributed by atoms with E-state index in [1.807, 2.05) is 32.0 Å². The van der Waals surface area contributed by atoms with Crippen LogP contribution in [-0.2, 0) is 24.2 Å². The van der Waals surface area contributed by atoms with Crippen LogP contribution in [0.25, 0.3) is 0 Å². The van der Waals surface area contributed by atoms with Gasteiger partial charge in [0.25, 0.3) is 5.56 Å². The van der Waals surface area contributed by atoms with Crippen LogP contribution in [0.1, 0.15) is 28.8 Å². The number of nitrogens with one attached hydrogen (secondary N) is 1. The number of hydrogen-bond donors (Lipinski definition) is 1. The lowest BCUT2D eigenvalue weighted by molar-refractivity contribution is -0.117. The van der Waals surface area contributed by atoms with E-state index in [2.05, 4.69) is 10.4 Å². The number of carbonyl (C=O) groups is 1. The van der Waals surface area contributed by atoms with Gasteiger partial charge in [-0.25, -0.2) is 4.68 Å². The van der Waals surface area contributed by atoms with Gasteiger partial charge in [0.15, 0.2) is 0 Å². The van der Waals surface area contributed by atoms with Gasteiger partial charge in [0.1, 0.15) is 6.54 Å². The molecule has 0 fully saturated rings. The molecule has 1 heterocycles. The van der Waals surface area contributed by atoms with Crippen LogP contribution in [0.4, 0.5) is 5.69 Å². The van der Waals surface area contributed by atoms with Crippen LogP contribution in [-0.4, -0.2) is 15.7 Å². The molecular formula is C17H19N3O2. The van der Waals surface area contributed by atoms with Gasteiger partial charge in [-0.3, -0.25) is 9.59 Å². The summed E-state index contributed by atoms with van der Waals surface area (Å²) in [7, 11) is 0. The Labute approximate surface area is 129 Å². The predicted octanol–water partition coefficient (Wildman–Crippen LogP) is 1.99. The monoisotopic (exact) mass is 297 g/mol. The lowest BCUT2D eigenvalue weighted by atomic mass is 10.1. The van der Waals surface area contributed by atoms with Crippen LogP contribution in [0.15, 0.2) is 29.1 Å². The van der Waals surface area contributed by atoms with Crippen molar-refractivity contribution in [2.45, 2.75) is 39.7 Å². The summed E-state index contributed by atoms with van der Waals surface area (Å²) in [5.74, 6) is -0.237. The van der Waals surface area contributed by atoms with Gasteiger partial charge in [0, 0.05) is 11.8 Å². The number of rotatable bonds is 3. The highest BCUT2D eigenvalue weighted by atomic mass is 16.2. The summed E-state index contributed by atoms with van der Waals surface area (Å²) < 4.78 is 1.25. The van der Waals surface area contributed by atoms with Crippen molar-refractivity contribution in [2.24, 2.45) is 0 Å². The zero-order valence-corrected chi connectivity index (χ0v) is 12.8. The summed E-state index contributed by atoms with van der Waals surface area (Å²) >= 11 is 0. The Bertz CT molecular complexity index is 793. The third-order valence-electron chi connectivity index (χ3n) is 3.97. The van der Waals surface area contributed by atoms with Crippen molar-refractivity contribution in [2.75, 3.05) is 5.32 Å². The maximum absolute atomic E-state index is 12.2. The largest absolute Gasteiger partial charge is 0.324 e. The van der Waals surface area contributed by atoms with Crippen LogP contribution < -0.4 is 10.9 Å². The van der Waals surface area contributed by atoms with Crippen molar-refractivity contribution >= 4 is 11.6 Å². The number of benzene rings is 1. The van der Waals surface area contributed by atoms with Crippen LogP contribution in [0.5, 0.6) is 0 Å². The highest BCUT2D eigenvalue weighted by molar-refractivity contribution is 5.91. The first-order valence-electron chi connectivity index (χ1n) is 7.50. The lowest BCUT2D eigenvalue weighted by Gasteiger charge is -2.10. The molecule has 0 spiro atoms. The average molecular weight is 297 g/mol. The summed E-state index contributed by atoms with van der Waals surface area (Å²) in [6, 6.07) is 7.44. The molecule has 1 aromatic carbocycles. The van der Waals surface area contributed by atoms with Gasteiger partial charge in [-0.1, -0.05) is 17.7 Å². The second-order valence-corrected chi connectivity index (χ2v) is 5.83. The van der Waals surface area contributed by atoms with E-state index in [1.165, 1.54) is 4.68 Å². The van der Waals surface area contributed by atoms with Crippen LogP contribution in [0.3, 0.4) is 0 Å². The van der Waals surface area contributed by atoms with Crippen molar-refractivity contribution in [1.29, 1.82) is 0 Å². The van der Waals surface area contributed by atoms with Gasteiger partial charge in [-0.2, -0.15) is 5.10 Å². The molecule has 1 aromatic heterocycles. The first-order valence-corrected chi connectivity index (χ1v) is 7.50. The van der Waals surface area contributed by atoms with E-state index < -0.39 is 0 Å². The number of fused-ring (bicyclic) bond motifs is 1. The van der Waals surface area contributed by atoms with E-state index in [0.717, 1.165) is 47.3 Å².